The molecular formula is C101H72N12O6S+6. The maximum atomic E-state index is 13.4. The number of hydrogen-bond acceptors (Lipinski definition) is 8. The highest BCUT2D eigenvalue weighted by Gasteiger charge is 2.76. The van der Waals surface area contributed by atoms with Crippen molar-refractivity contribution in [3.63, 3.8) is 0 Å². The van der Waals surface area contributed by atoms with Gasteiger partial charge in [-0.15, -0.1) is 33.4 Å². The van der Waals surface area contributed by atoms with Crippen LogP contribution in [0, 0.1) is 55.4 Å². The van der Waals surface area contributed by atoms with Crippen molar-refractivity contribution in [1.29, 1.82) is 0 Å². The number of ether oxygens (including phenoxy) is 3. The highest BCUT2D eigenvalue weighted by atomic mass is 32.2. The molecule has 10 aromatic carbocycles. The van der Waals surface area contributed by atoms with E-state index >= 15 is 0 Å². The molecule has 0 amide bonds. The second kappa shape index (κ2) is 23.0. The van der Waals surface area contributed by atoms with Crippen molar-refractivity contribution < 1.29 is 54.8 Å². The molecule has 8 aromatic heterocycles. The lowest BCUT2D eigenvalue weighted by molar-refractivity contribution is -0.990. The molecule has 10 aliphatic heterocycles. The summed E-state index contributed by atoms with van der Waals surface area (Å²) in [4.78, 5) is 0.743. The fourth-order valence-electron chi connectivity index (χ4n) is 22.4. The second-order valence-corrected chi connectivity index (χ2v) is 34.8. The van der Waals surface area contributed by atoms with E-state index in [0.717, 1.165) is 136 Å². The molecule has 3 spiro atoms. The SMILES string of the molecule is Cc1cc(-c2ccccc2)cc(C)c1-c1ccc2c3c1Oc1cccc4c1C3([n+]1ccccc1-2)[n+]1c(C)cc(C)n1-4.Cc1cc(C)[n+]2n1-c1cccc3c1C21c2c(ccc(-c4nnc(-c5ccccc5)o4)c2O3)-c2cccc[n+]21.Cc1cc(C)[n+]2n1-c1cccc3c1C21c2c(ccn2-c2cc(-c4ccc5c(c4)S(=O)(=O)c4ccccc4-5)cc[n+]21)O3. The third-order valence-corrected chi connectivity index (χ3v) is 28.4. The van der Waals surface area contributed by atoms with E-state index in [0.29, 0.717) is 21.6 Å². The summed E-state index contributed by atoms with van der Waals surface area (Å²) in [5.74, 6) is 7.04. The number of aryl methyl sites for hydroxylation is 8. The van der Waals surface area contributed by atoms with Crippen LogP contribution in [0.1, 0.15) is 78.8 Å². The lowest BCUT2D eigenvalue weighted by Gasteiger charge is -2.27. The third-order valence-electron chi connectivity index (χ3n) is 26.5. The first-order chi connectivity index (χ1) is 58.6. The van der Waals surface area contributed by atoms with Gasteiger partial charge in [0.25, 0.3) is 17.4 Å². The topological polar surface area (TPSA) is 144 Å². The monoisotopic (exact) mass is 1580 g/mol. The first-order valence-electron chi connectivity index (χ1n) is 40.6. The second-order valence-electron chi connectivity index (χ2n) is 32.9. The van der Waals surface area contributed by atoms with E-state index in [-0.39, 0.29) is 0 Å². The lowest BCUT2D eigenvalue weighted by atomic mass is 9.82. The van der Waals surface area contributed by atoms with Crippen molar-refractivity contribution in [2.75, 3.05) is 0 Å². The quantitative estimate of drug-likeness (QED) is 0.155. The van der Waals surface area contributed by atoms with Crippen LogP contribution in [0.5, 0.6) is 34.5 Å². The van der Waals surface area contributed by atoms with Crippen molar-refractivity contribution in [2.45, 2.75) is 82.2 Å². The van der Waals surface area contributed by atoms with Gasteiger partial charge < -0.3 is 18.6 Å². The van der Waals surface area contributed by atoms with Crippen LogP contribution < -0.4 is 42.0 Å². The Hall–Kier alpha value is -15.0. The number of aromatic nitrogens is 12. The fourth-order valence-corrected chi connectivity index (χ4v) is 24.1. The zero-order valence-corrected chi connectivity index (χ0v) is 67.3. The van der Waals surface area contributed by atoms with Crippen LogP contribution in [0.2, 0.25) is 0 Å². The minimum atomic E-state index is -3.57. The summed E-state index contributed by atoms with van der Waals surface area (Å²) in [6, 6.07) is 91.9. The summed E-state index contributed by atoms with van der Waals surface area (Å²) in [7, 11) is -3.57. The van der Waals surface area contributed by atoms with E-state index in [9.17, 15) is 8.42 Å². The molecule has 18 heterocycles. The molecule has 19 heteroatoms. The molecule has 0 N–H and O–H groups in total. The van der Waals surface area contributed by atoms with Crippen molar-refractivity contribution in [1.82, 2.24) is 28.8 Å². The van der Waals surface area contributed by atoms with Gasteiger partial charge in [-0.2, -0.15) is 9.13 Å². The predicted octanol–water partition coefficient (Wildman–Crippen LogP) is 17.4. The fraction of sp³-hybridized carbons (Fsp3) is 0.109. The zero-order chi connectivity index (χ0) is 80.2. The Morgan fingerprint density at radius 1 is 0.342 bits per heavy atom. The van der Waals surface area contributed by atoms with E-state index in [2.05, 4.69) is 319 Å². The molecule has 0 bridgehead atoms. The molecule has 572 valence electrons. The van der Waals surface area contributed by atoms with E-state index in [1.807, 2.05) is 72.8 Å². The van der Waals surface area contributed by atoms with Crippen molar-refractivity contribution >= 4 is 9.84 Å². The molecule has 10 aliphatic rings. The van der Waals surface area contributed by atoms with Gasteiger partial charge in [0.2, 0.25) is 44.2 Å². The number of rotatable bonds is 5. The van der Waals surface area contributed by atoms with Gasteiger partial charge in [-0.05, 0) is 191 Å². The highest BCUT2D eigenvalue weighted by Crippen LogP contribution is 2.62. The molecule has 0 aliphatic carbocycles. The predicted molar refractivity (Wildman–Crippen MR) is 447 cm³/mol. The van der Waals surface area contributed by atoms with E-state index < -0.39 is 26.8 Å². The minimum Gasteiger partial charge on any atom is -0.455 e. The van der Waals surface area contributed by atoms with E-state index in [1.165, 1.54) is 78.7 Å². The summed E-state index contributed by atoms with van der Waals surface area (Å²) in [5.41, 5.74) is 32.5. The molecule has 120 heavy (non-hydrogen) atoms. The van der Waals surface area contributed by atoms with Gasteiger partial charge in [0.05, 0.1) is 49.8 Å². The van der Waals surface area contributed by atoms with Gasteiger partial charge in [-0.3, -0.25) is 0 Å². The van der Waals surface area contributed by atoms with Crippen molar-refractivity contribution in [3.8, 4) is 147 Å². The number of sulfone groups is 1. The molecule has 0 fully saturated rings. The summed E-state index contributed by atoms with van der Waals surface area (Å²) >= 11 is 0. The Kier molecular flexibility index (Phi) is 12.9. The molecule has 0 saturated heterocycles. The van der Waals surface area contributed by atoms with Gasteiger partial charge in [-0.25, -0.2) is 8.42 Å². The third kappa shape index (κ3) is 8.01. The maximum Gasteiger partial charge on any atom is 0.447 e. The minimum absolute atomic E-state index is 0.366. The molecule has 18 nitrogen and oxygen atoms in total. The van der Waals surface area contributed by atoms with Crippen LogP contribution in [0.4, 0.5) is 0 Å². The molecule has 0 saturated carbocycles. The Morgan fingerprint density at radius 2 is 0.825 bits per heavy atom. The van der Waals surface area contributed by atoms with Gasteiger partial charge in [0.15, 0.2) is 57.5 Å². The summed E-state index contributed by atoms with van der Waals surface area (Å²) in [5, 5.41) is 8.83. The Labute approximate surface area is 689 Å². The highest BCUT2D eigenvalue weighted by molar-refractivity contribution is 7.92. The first kappa shape index (κ1) is 67.2. The normalized spacial score (nSPS) is 17.4. The molecule has 28 rings (SSSR count). The zero-order valence-electron chi connectivity index (χ0n) is 66.4. The lowest BCUT2D eigenvalue weighted by Crippen LogP contribution is -2.74. The average molecular weight is 1580 g/mol. The van der Waals surface area contributed by atoms with Gasteiger partial charge in [-0.1, -0.05) is 109 Å². The largest absolute Gasteiger partial charge is 0.455 e. The van der Waals surface area contributed by atoms with E-state index in [4.69, 9.17) is 18.6 Å². The van der Waals surface area contributed by atoms with Gasteiger partial charge in [0.1, 0.15) is 40.5 Å². The number of benzene rings is 10. The van der Waals surface area contributed by atoms with Crippen molar-refractivity contribution in [2.24, 2.45) is 0 Å². The van der Waals surface area contributed by atoms with Gasteiger partial charge in [0, 0.05) is 97.6 Å². The molecule has 0 radical (unpaired) electrons. The molecule has 18 aromatic rings. The summed E-state index contributed by atoms with van der Waals surface area (Å²) in [6.07, 6.45) is 8.61. The van der Waals surface area contributed by atoms with Crippen LogP contribution >= 0.6 is 0 Å². The molecule has 3 unspecified atom stereocenters. The molecular weight excluding hydrogens is 1510 g/mol. The smallest absolute Gasteiger partial charge is 0.447 e. The first-order valence-corrected chi connectivity index (χ1v) is 42.1. The van der Waals surface area contributed by atoms with Crippen LogP contribution in [-0.4, -0.2) is 37.2 Å². The van der Waals surface area contributed by atoms with Crippen LogP contribution in [0.15, 0.2) is 306 Å². The summed E-state index contributed by atoms with van der Waals surface area (Å²) in [6.45, 7) is 17.5. The van der Waals surface area contributed by atoms with Crippen molar-refractivity contribution in [3.05, 3.63) is 371 Å². The van der Waals surface area contributed by atoms with Gasteiger partial charge >= 0.3 is 17.0 Å². The van der Waals surface area contributed by atoms with Crippen LogP contribution in [-0.2, 0) is 26.8 Å². The summed E-state index contributed by atoms with van der Waals surface area (Å²) < 4.78 is 77.1. The average Bonchev–Trinajstić information content (AvgIpc) is 1.49. The number of hydrogen-bond donors (Lipinski definition) is 0. The number of pyridine rings is 3. The standard InChI is InChI=1S/C37H29N3O.C33H22N4O3S.C31H21N5O2/c1-22-19-27(26-11-6-5-7-12-26)20-23(2)33(22)29-17-16-28-30-13-8-9-18-38(30)37-34(28)36(29)41-32-15-10-14-31(35(32)37)39-24(3)21-25(4)40(37)39;1-19-16-20(2)37-33-31-25(36(19)37)7-5-8-26(31)40-27-13-14-34(32(27)33)30-18-22(12-15-35(30)33)21-10-11-24-23-6-3-4-9-28(23)41(38,39)29(24)17-21;1-18-17-19(2)36-31-26-21(23-11-6-7-16-34(23)31)14-15-22(30-33-32-29(38-30)20-9-4-3-5-10-20)28(26)37-25-13-8-12-24(27(25)31)35(18)36/h5-21H,1-4H3;3-18H,1-2H3;3-17H,1-2H3/q3*+2. The van der Waals surface area contributed by atoms with E-state index in [1.54, 1.807) is 12.1 Å². The Bertz CT molecular complexity index is 7900. The maximum absolute atomic E-state index is 13.4. The van der Waals surface area contributed by atoms with Crippen LogP contribution in [0.25, 0.3) is 113 Å². The Balaban J connectivity index is 0.0000000974. The molecule has 3 atom stereocenters. The Morgan fingerprint density at radius 3 is 1.43 bits per heavy atom. The number of nitrogens with zero attached hydrogens (tertiary/aromatic N) is 12. The van der Waals surface area contributed by atoms with Crippen LogP contribution in [0.3, 0.4) is 0 Å². The number of fused-ring (bicyclic) bond motifs is 15.